The maximum absolute atomic E-state index is 13.2. The van der Waals surface area contributed by atoms with Gasteiger partial charge in [0, 0.05) is 31.2 Å². The molecule has 0 unspecified atom stereocenters. The van der Waals surface area contributed by atoms with Crippen LogP contribution in [0, 0.1) is 11.2 Å². The summed E-state index contributed by atoms with van der Waals surface area (Å²) in [4.78, 5) is 0. The third kappa shape index (κ3) is 2.62. The van der Waals surface area contributed by atoms with E-state index in [0.717, 1.165) is 25.8 Å². The first kappa shape index (κ1) is 13.7. The van der Waals surface area contributed by atoms with Gasteiger partial charge in [0.1, 0.15) is 5.82 Å². The third-order valence-electron chi connectivity index (χ3n) is 5.74. The third-order valence-corrected chi connectivity index (χ3v) is 5.74. The maximum Gasteiger partial charge on any atom is 0.123 e. The van der Waals surface area contributed by atoms with Gasteiger partial charge in [-0.2, -0.15) is 0 Å². The Morgan fingerprint density at radius 3 is 2.38 bits per heavy atom. The quantitative estimate of drug-likeness (QED) is 0.917. The van der Waals surface area contributed by atoms with Crippen molar-refractivity contribution >= 4 is 0 Å². The van der Waals surface area contributed by atoms with Crippen LogP contribution in [0.3, 0.4) is 0 Å². The van der Waals surface area contributed by atoms with Crippen LogP contribution in [0.2, 0.25) is 0 Å². The average Bonchev–Trinajstić information content (AvgIpc) is 3.29. The molecule has 114 valence electrons. The molecule has 21 heavy (non-hydrogen) atoms. The highest BCUT2D eigenvalue weighted by Gasteiger charge is 2.55. The van der Waals surface area contributed by atoms with Gasteiger partial charge in [0.2, 0.25) is 0 Å². The molecule has 1 spiro atoms. The van der Waals surface area contributed by atoms with E-state index in [1.54, 1.807) is 12.1 Å². The lowest BCUT2D eigenvalue weighted by Crippen LogP contribution is -2.56. The minimum absolute atomic E-state index is 0.135. The molecule has 2 saturated carbocycles. The molecule has 4 rings (SSSR count). The minimum atomic E-state index is -0.135. The molecule has 0 aromatic heterocycles. The van der Waals surface area contributed by atoms with Gasteiger partial charge in [-0.25, -0.2) is 4.39 Å². The van der Waals surface area contributed by atoms with Gasteiger partial charge in [-0.3, -0.25) is 0 Å². The largest absolute Gasteiger partial charge is 0.381 e. The molecule has 3 fully saturated rings. The number of nitrogens with one attached hydrogen (secondary N) is 1. The van der Waals surface area contributed by atoms with Gasteiger partial charge in [-0.1, -0.05) is 12.1 Å². The van der Waals surface area contributed by atoms with E-state index >= 15 is 0 Å². The molecular weight excluding hydrogens is 265 g/mol. The highest BCUT2D eigenvalue weighted by molar-refractivity contribution is 5.32. The predicted molar refractivity (Wildman–Crippen MR) is 80.8 cm³/mol. The Morgan fingerprint density at radius 2 is 1.76 bits per heavy atom. The fourth-order valence-electron chi connectivity index (χ4n) is 4.40. The highest BCUT2D eigenvalue weighted by atomic mass is 19.1. The van der Waals surface area contributed by atoms with E-state index in [-0.39, 0.29) is 11.2 Å². The molecule has 3 aliphatic rings. The Balaban J connectivity index is 1.53. The summed E-state index contributed by atoms with van der Waals surface area (Å²) in [5, 5.41) is 3.71. The lowest BCUT2D eigenvalue weighted by atomic mass is 9.48. The maximum atomic E-state index is 13.2. The van der Waals surface area contributed by atoms with Gasteiger partial charge in [-0.05, 0) is 61.6 Å². The molecule has 0 amide bonds. The number of ether oxygens (including phenoxy) is 1. The lowest BCUT2D eigenvalue weighted by Gasteiger charge is -2.58. The van der Waals surface area contributed by atoms with Crippen LogP contribution >= 0.6 is 0 Å². The Bertz CT molecular complexity index is 494. The van der Waals surface area contributed by atoms with E-state index < -0.39 is 0 Å². The van der Waals surface area contributed by atoms with Crippen molar-refractivity contribution in [3.63, 3.8) is 0 Å². The summed E-state index contributed by atoms with van der Waals surface area (Å²) < 4.78 is 18.8. The van der Waals surface area contributed by atoms with E-state index in [0.29, 0.717) is 5.41 Å². The summed E-state index contributed by atoms with van der Waals surface area (Å²) in [6.45, 7) is 2.87. The molecular formula is C18H24FNO. The molecule has 1 N–H and O–H groups in total. The van der Waals surface area contributed by atoms with E-state index in [4.69, 9.17) is 4.74 Å². The molecule has 1 aromatic rings. The molecule has 1 heterocycles. The van der Waals surface area contributed by atoms with Crippen molar-refractivity contribution in [1.29, 1.82) is 0 Å². The Labute approximate surface area is 126 Å². The van der Waals surface area contributed by atoms with Crippen LogP contribution < -0.4 is 5.32 Å². The van der Waals surface area contributed by atoms with Crippen molar-refractivity contribution in [3.05, 3.63) is 35.6 Å². The van der Waals surface area contributed by atoms with E-state index in [1.807, 2.05) is 12.1 Å². The van der Waals surface area contributed by atoms with Gasteiger partial charge in [0.25, 0.3) is 0 Å². The van der Waals surface area contributed by atoms with Gasteiger partial charge in [0.05, 0.1) is 0 Å². The monoisotopic (exact) mass is 289 g/mol. The summed E-state index contributed by atoms with van der Waals surface area (Å²) in [5.74, 6) is -0.135. The molecule has 3 heteroatoms. The number of benzene rings is 1. The summed E-state index contributed by atoms with van der Waals surface area (Å²) >= 11 is 0. The molecule has 0 bridgehead atoms. The summed E-state index contributed by atoms with van der Waals surface area (Å²) in [6.07, 6.45) is 7.49. The van der Waals surface area contributed by atoms with Crippen LogP contribution in [0.4, 0.5) is 4.39 Å². The van der Waals surface area contributed by atoms with Crippen molar-refractivity contribution in [3.8, 4) is 0 Å². The molecule has 0 radical (unpaired) electrons. The van der Waals surface area contributed by atoms with Crippen molar-refractivity contribution in [2.45, 2.75) is 50.0 Å². The van der Waals surface area contributed by atoms with Crippen LogP contribution in [-0.2, 0) is 10.2 Å². The van der Waals surface area contributed by atoms with Gasteiger partial charge in [0.15, 0.2) is 0 Å². The molecule has 1 aromatic carbocycles. The first-order valence-electron chi connectivity index (χ1n) is 8.27. The number of hydrogen-bond acceptors (Lipinski definition) is 2. The summed E-state index contributed by atoms with van der Waals surface area (Å²) in [5.41, 5.74) is 2.01. The topological polar surface area (TPSA) is 21.3 Å². The van der Waals surface area contributed by atoms with Crippen molar-refractivity contribution in [2.75, 3.05) is 19.8 Å². The SMILES string of the molecule is Fc1ccc(C2(CNC3CC3)CC3(CCOCC3)C2)cc1. The van der Waals surface area contributed by atoms with Gasteiger partial charge >= 0.3 is 0 Å². The van der Waals surface area contributed by atoms with Crippen LogP contribution in [0.25, 0.3) is 0 Å². The number of halogens is 1. The van der Waals surface area contributed by atoms with Gasteiger partial charge < -0.3 is 10.1 Å². The zero-order valence-corrected chi connectivity index (χ0v) is 12.5. The first-order chi connectivity index (χ1) is 10.2. The predicted octanol–water partition coefficient (Wildman–Crippen LogP) is 3.41. The lowest BCUT2D eigenvalue weighted by molar-refractivity contribution is -0.0738. The standard InChI is InChI=1S/C18H24FNO/c19-15-3-1-14(2-4-15)18(13-20-16-5-6-16)11-17(12-18)7-9-21-10-8-17/h1-4,16,20H,5-13H2. The molecule has 2 nitrogen and oxygen atoms in total. The van der Waals surface area contributed by atoms with E-state index in [1.165, 1.54) is 44.1 Å². The summed E-state index contributed by atoms with van der Waals surface area (Å²) in [7, 11) is 0. The second-order valence-electron chi connectivity index (χ2n) is 7.41. The van der Waals surface area contributed by atoms with Crippen LogP contribution in [0.15, 0.2) is 24.3 Å². The zero-order valence-electron chi connectivity index (χ0n) is 12.5. The molecule has 2 aliphatic carbocycles. The second kappa shape index (κ2) is 5.06. The highest BCUT2D eigenvalue weighted by Crippen LogP contribution is 2.60. The fraction of sp³-hybridized carbons (Fsp3) is 0.667. The van der Waals surface area contributed by atoms with E-state index in [9.17, 15) is 4.39 Å². The molecule has 1 saturated heterocycles. The normalized spacial score (nSPS) is 26.5. The van der Waals surface area contributed by atoms with Crippen molar-refractivity contribution in [2.24, 2.45) is 5.41 Å². The molecule has 0 atom stereocenters. The second-order valence-corrected chi connectivity index (χ2v) is 7.41. The van der Waals surface area contributed by atoms with Crippen LogP contribution in [0.5, 0.6) is 0 Å². The minimum Gasteiger partial charge on any atom is -0.381 e. The Hall–Kier alpha value is -0.930. The Morgan fingerprint density at radius 1 is 1.10 bits per heavy atom. The number of rotatable bonds is 4. The van der Waals surface area contributed by atoms with Gasteiger partial charge in [-0.15, -0.1) is 0 Å². The van der Waals surface area contributed by atoms with Crippen molar-refractivity contribution in [1.82, 2.24) is 5.32 Å². The smallest absolute Gasteiger partial charge is 0.123 e. The van der Waals surface area contributed by atoms with Crippen LogP contribution in [-0.4, -0.2) is 25.8 Å². The first-order valence-corrected chi connectivity index (χ1v) is 8.27. The van der Waals surface area contributed by atoms with Crippen molar-refractivity contribution < 1.29 is 9.13 Å². The fourth-order valence-corrected chi connectivity index (χ4v) is 4.40. The Kier molecular flexibility index (Phi) is 3.31. The van der Waals surface area contributed by atoms with E-state index in [2.05, 4.69) is 5.32 Å². The number of hydrogen-bond donors (Lipinski definition) is 1. The zero-order chi connectivity index (χ0) is 14.3. The average molecular weight is 289 g/mol. The van der Waals surface area contributed by atoms with Crippen LogP contribution in [0.1, 0.15) is 44.1 Å². The summed E-state index contributed by atoms with van der Waals surface area (Å²) in [6, 6.07) is 7.95. The molecule has 1 aliphatic heterocycles.